The van der Waals surface area contributed by atoms with Gasteiger partial charge in [-0.1, -0.05) is 43.1 Å². The fourth-order valence-corrected chi connectivity index (χ4v) is 5.36. The lowest BCUT2D eigenvalue weighted by Crippen LogP contribution is -2.03. The van der Waals surface area contributed by atoms with Crippen molar-refractivity contribution in [3.63, 3.8) is 0 Å². The maximum Gasteiger partial charge on any atom is 0.307 e. The fourth-order valence-electron chi connectivity index (χ4n) is 4.15. The molecule has 0 bridgehead atoms. The number of aromatic nitrogens is 1. The number of hydrogen-bond acceptors (Lipinski definition) is 3. The van der Waals surface area contributed by atoms with Gasteiger partial charge in [0.15, 0.2) is 0 Å². The van der Waals surface area contributed by atoms with Gasteiger partial charge in [-0.05, 0) is 72.0 Å². The van der Waals surface area contributed by atoms with Gasteiger partial charge in [0.1, 0.15) is 11.6 Å². The van der Waals surface area contributed by atoms with E-state index in [4.69, 9.17) is 21.4 Å². The van der Waals surface area contributed by atoms with Crippen molar-refractivity contribution in [1.82, 2.24) is 4.57 Å². The summed E-state index contributed by atoms with van der Waals surface area (Å²) in [5.74, 6) is 0.675. The maximum absolute atomic E-state index is 13.3. The zero-order chi connectivity index (χ0) is 25.5. The molecule has 0 saturated heterocycles. The molecule has 0 aliphatic carbocycles. The highest BCUT2D eigenvalue weighted by Crippen LogP contribution is 2.31. The van der Waals surface area contributed by atoms with Crippen LogP contribution in [0.4, 0.5) is 4.39 Å². The Hall–Kier alpha value is -2.96. The lowest BCUT2D eigenvalue weighted by Gasteiger charge is -2.13. The average Bonchev–Trinajstić information content (AvgIpc) is 3.22. The molecule has 0 fully saturated rings. The Morgan fingerprint density at radius 1 is 1.08 bits per heavy atom. The zero-order valence-electron chi connectivity index (χ0n) is 20.2. The summed E-state index contributed by atoms with van der Waals surface area (Å²) < 4.78 is 21.7. The second kappa shape index (κ2) is 12.3. The third-order valence-electron chi connectivity index (χ3n) is 5.89. The highest BCUT2D eigenvalue weighted by molar-refractivity contribution is 7.99. The summed E-state index contributed by atoms with van der Waals surface area (Å²) >= 11 is 7.97. The molecule has 0 spiro atoms. The summed E-state index contributed by atoms with van der Waals surface area (Å²) in [7, 11) is 0. The lowest BCUT2D eigenvalue weighted by atomic mass is 10.1. The van der Waals surface area contributed by atoms with Gasteiger partial charge in [0.25, 0.3) is 0 Å². The summed E-state index contributed by atoms with van der Waals surface area (Å²) in [5.41, 5.74) is 4.09. The van der Waals surface area contributed by atoms with Crippen molar-refractivity contribution in [1.29, 1.82) is 0 Å². The minimum atomic E-state index is -0.867. The van der Waals surface area contributed by atoms with E-state index < -0.39 is 5.97 Å². The number of carboxylic acids is 1. The third kappa shape index (κ3) is 6.83. The number of thioether (sulfide) groups is 1. The van der Waals surface area contributed by atoms with E-state index >= 15 is 0 Å². The molecule has 0 amide bonds. The first-order chi connectivity index (χ1) is 17.4. The van der Waals surface area contributed by atoms with Crippen LogP contribution in [-0.4, -0.2) is 28.0 Å². The van der Waals surface area contributed by atoms with Gasteiger partial charge in [0, 0.05) is 34.3 Å². The molecule has 36 heavy (non-hydrogen) atoms. The van der Waals surface area contributed by atoms with E-state index in [0.717, 1.165) is 52.1 Å². The Kier molecular flexibility index (Phi) is 8.94. The Morgan fingerprint density at radius 2 is 1.86 bits per heavy atom. The summed E-state index contributed by atoms with van der Waals surface area (Å²) in [4.78, 5) is 11.8. The first kappa shape index (κ1) is 26.1. The monoisotopic (exact) mass is 525 g/mol. The molecule has 4 rings (SSSR count). The Morgan fingerprint density at radius 3 is 2.58 bits per heavy atom. The molecule has 0 aliphatic heterocycles. The van der Waals surface area contributed by atoms with Crippen molar-refractivity contribution in [2.75, 3.05) is 12.4 Å². The van der Waals surface area contributed by atoms with E-state index in [1.54, 1.807) is 17.8 Å². The predicted octanol–water partition coefficient (Wildman–Crippen LogP) is 7.62. The van der Waals surface area contributed by atoms with E-state index in [1.165, 1.54) is 17.7 Å². The number of rotatable bonds is 12. The molecule has 1 heterocycles. The van der Waals surface area contributed by atoms with Crippen molar-refractivity contribution in [3.05, 3.63) is 94.4 Å². The van der Waals surface area contributed by atoms with E-state index in [1.807, 2.05) is 24.3 Å². The fraction of sp³-hybridized carbons (Fsp3) is 0.276. The van der Waals surface area contributed by atoms with Crippen LogP contribution < -0.4 is 4.74 Å². The van der Waals surface area contributed by atoms with Crippen LogP contribution in [0.3, 0.4) is 0 Å². The first-order valence-corrected chi connectivity index (χ1v) is 13.4. The van der Waals surface area contributed by atoms with Crippen LogP contribution in [-0.2, 0) is 24.2 Å². The highest BCUT2D eigenvalue weighted by atomic mass is 35.5. The van der Waals surface area contributed by atoms with Crippen molar-refractivity contribution in [2.45, 2.75) is 44.0 Å². The summed E-state index contributed by atoms with van der Waals surface area (Å²) in [6, 6.07) is 18.5. The standard InChI is InChI=1S/C29H29ClFNO3S/c1-2-4-23-17-26-22(11-12-32(26)19-20-5-8-24(31)9-6-20)18-27(23)35-13-3-14-36-28-10-7-21(15-25(28)30)16-29(33)34/h5-12,15,17-18H,2-4,13-14,16,19H2,1H3,(H,33,34). The van der Waals surface area contributed by atoms with Gasteiger partial charge in [0.05, 0.1) is 18.1 Å². The molecular weight excluding hydrogens is 497 g/mol. The predicted molar refractivity (Wildman–Crippen MR) is 145 cm³/mol. The number of nitrogens with zero attached hydrogens (tertiary/aromatic N) is 1. The second-order valence-corrected chi connectivity index (χ2v) is 10.3. The number of fused-ring (bicyclic) bond motifs is 1. The van der Waals surface area contributed by atoms with Crippen molar-refractivity contribution in [3.8, 4) is 5.75 Å². The Labute approximate surface area is 220 Å². The number of carbonyl (C=O) groups is 1. The molecule has 3 aromatic carbocycles. The van der Waals surface area contributed by atoms with Crippen molar-refractivity contribution in [2.24, 2.45) is 0 Å². The molecule has 1 N–H and O–H groups in total. The number of hydrogen-bond donors (Lipinski definition) is 1. The summed E-state index contributed by atoms with van der Waals surface area (Å²) in [6.45, 7) is 3.44. The molecule has 1 aromatic heterocycles. The van der Waals surface area contributed by atoms with Crippen LogP contribution in [0.5, 0.6) is 5.75 Å². The largest absolute Gasteiger partial charge is 0.493 e. The number of benzene rings is 3. The normalized spacial score (nSPS) is 11.2. The average molecular weight is 526 g/mol. The minimum absolute atomic E-state index is 0.0292. The van der Waals surface area contributed by atoms with Gasteiger partial charge < -0.3 is 14.4 Å². The molecule has 0 unspecified atom stereocenters. The van der Waals surface area contributed by atoms with Crippen LogP contribution >= 0.6 is 23.4 Å². The Balaban J connectivity index is 1.37. The molecule has 188 valence electrons. The van der Waals surface area contributed by atoms with Gasteiger partial charge >= 0.3 is 5.97 Å². The zero-order valence-corrected chi connectivity index (χ0v) is 21.7. The highest BCUT2D eigenvalue weighted by Gasteiger charge is 2.11. The number of halogens is 2. The number of aryl methyl sites for hydroxylation is 1. The van der Waals surface area contributed by atoms with Crippen LogP contribution in [0, 0.1) is 5.82 Å². The van der Waals surface area contributed by atoms with Crippen LogP contribution in [0.15, 0.2) is 71.8 Å². The summed E-state index contributed by atoms with van der Waals surface area (Å²) in [6.07, 6.45) is 4.84. The molecule has 4 aromatic rings. The van der Waals surface area contributed by atoms with Crippen LogP contribution in [0.2, 0.25) is 5.02 Å². The molecule has 4 nitrogen and oxygen atoms in total. The number of ether oxygens (including phenoxy) is 1. The minimum Gasteiger partial charge on any atom is -0.493 e. The van der Waals surface area contributed by atoms with E-state index in [2.05, 4.69) is 35.9 Å². The smallest absolute Gasteiger partial charge is 0.307 e. The quantitative estimate of drug-likeness (QED) is 0.153. The number of aliphatic carboxylic acids is 1. The third-order valence-corrected chi connectivity index (χ3v) is 7.48. The molecule has 0 atom stereocenters. The van der Waals surface area contributed by atoms with Crippen LogP contribution in [0.1, 0.15) is 36.5 Å². The maximum atomic E-state index is 13.3. The molecule has 7 heteroatoms. The number of carboxylic acid groups (broad SMARTS) is 1. The molecule has 0 radical (unpaired) electrons. The lowest BCUT2D eigenvalue weighted by molar-refractivity contribution is -0.136. The van der Waals surface area contributed by atoms with Gasteiger partial charge in [-0.25, -0.2) is 4.39 Å². The van der Waals surface area contributed by atoms with Gasteiger partial charge in [-0.15, -0.1) is 11.8 Å². The van der Waals surface area contributed by atoms with Crippen molar-refractivity contribution < 1.29 is 19.0 Å². The van der Waals surface area contributed by atoms with E-state index in [9.17, 15) is 9.18 Å². The molecule has 0 saturated carbocycles. The topological polar surface area (TPSA) is 51.5 Å². The summed E-state index contributed by atoms with van der Waals surface area (Å²) in [5, 5.41) is 10.6. The van der Waals surface area contributed by atoms with E-state index in [0.29, 0.717) is 23.7 Å². The second-order valence-electron chi connectivity index (χ2n) is 8.72. The van der Waals surface area contributed by atoms with E-state index in [-0.39, 0.29) is 12.2 Å². The van der Waals surface area contributed by atoms with Gasteiger partial charge in [-0.2, -0.15) is 0 Å². The Bertz CT molecular complexity index is 1340. The van der Waals surface area contributed by atoms with Gasteiger partial charge in [-0.3, -0.25) is 4.79 Å². The molecule has 0 aliphatic rings. The van der Waals surface area contributed by atoms with Crippen molar-refractivity contribution >= 4 is 40.2 Å². The SMILES string of the molecule is CCCc1cc2c(ccn2Cc2ccc(F)cc2)cc1OCCCSc1ccc(CC(=O)O)cc1Cl. The first-order valence-electron chi connectivity index (χ1n) is 12.0. The van der Waals surface area contributed by atoms with Crippen LogP contribution in [0.25, 0.3) is 10.9 Å². The van der Waals surface area contributed by atoms with Gasteiger partial charge in [0.2, 0.25) is 0 Å². The molecular formula is C29H29ClFNO3S.